The average Bonchev–Trinajstić information content (AvgIpc) is 3.44. The van der Waals surface area contributed by atoms with Crippen LogP contribution in [0.5, 0.6) is 0 Å². The first-order valence-electron chi connectivity index (χ1n) is 9.69. The molecule has 8 nitrogen and oxygen atoms in total. The maximum atomic E-state index is 12.6. The minimum absolute atomic E-state index is 0.136. The highest BCUT2D eigenvalue weighted by Gasteiger charge is 2.24. The molecule has 3 heterocycles. The van der Waals surface area contributed by atoms with Crippen molar-refractivity contribution in [1.29, 1.82) is 0 Å². The van der Waals surface area contributed by atoms with Crippen LogP contribution in [0.2, 0.25) is 0 Å². The van der Waals surface area contributed by atoms with E-state index in [-0.39, 0.29) is 18.3 Å². The summed E-state index contributed by atoms with van der Waals surface area (Å²) in [4.78, 5) is 26.0. The van der Waals surface area contributed by atoms with Crippen LogP contribution in [0, 0.1) is 6.92 Å². The molecule has 30 heavy (non-hydrogen) atoms. The van der Waals surface area contributed by atoms with Gasteiger partial charge in [-0.3, -0.25) is 9.36 Å². The van der Waals surface area contributed by atoms with E-state index in [9.17, 15) is 9.59 Å². The van der Waals surface area contributed by atoms with Crippen molar-refractivity contribution in [3.63, 3.8) is 0 Å². The van der Waals surface area contributed by atoms with Crippen LogP contribution >= 0.6 is 23.1 Å². The van der Waals surface area contributed by atoms with Crippen molar-refractivity contribution in [2.24, 2.45) is 0 Å². The standard InChI is InChI=1S/C20H24N4O4S2/c1-5-13-12(4)30-18(16(13)19(26)27-7-3)21-15(25)11-29-20-23-22-17(24(20)6-2)14-9-8-10-28-14/h8-10H,5-7,11H2,1-4H3,(H,21,25). The molecule has 0 bridgehead atoms. The minimum Gasteiger partial charge on any atom is -0.462 e. The zero-order valence-electron chi connectivity index (χ0n) is 17.4. The Labute approximate surface area is 183 Å². The van der Waals surface area contributed by atoms with Crippen molar-refractivity contribution < 1.29 is 18.7 Å². The molecular formula is C20H24N4O4S2. The highest BCUT2D eigenvalue weighted by molar-refractivity contribution is 7.99. The van der Waals surface area contributed by atoms with E-state index in [2.05, 4.69) is 15.5 Å². The number of anilines is 1. The first-order valence-corrected chi connectivity index (χ1v) is 11.5. The number of rotatable bonds is 9. The fourth-order valence-corrected chi connectivity index (χ4v) is 5.02. The van der Waals surface area contributed by atoms with Crippen molar-refractivity contribution in [2.45, 2.75) is 45.8 Å². The van der Waals surface area contributed by atoms with Crippen LogP contribution < -0.4 is 5.32 Å². The SMILES string of the molecule is CCOC(=O)c1c(NC(=O)CSc2nnc(-c3ccco3)n2CC)sc(C)c1CC. The molecule has 0 unspecified atom stereocenters. The van der Waals surface area contributed by atoms with Gasteiger partial charge in [0.05, 0.1) is 24.2 Å². The number of carbonyl (C=O) groups is 2. The number of aryl methyl sites for hydroxylation is 1. The van der Waals surface area contributed by atoms with Gasteiger partial charge in [0, 0.05) is 11.4 Å². The molecule has 0 fully saturated rings. The van der Waals surface area contributed by atoms with E-state index >= 15 is 0 Å². The predicted octanol–water partition coefficient (Wildman–Crippen LogP) is 4.40. The summed E-state index contributed by atoms with van der Waals surface area (Å²) < 4.78 is 12.5. The monoisotopic (exact) mass is 448 g/mol. The number of furan rings is 1. The summed E-state index contributed by atoms with van der Waals surface area (Å²) in [5.74, 6) is 0.754. The second kappa shape index (κ2) is 9.94. The molecule has 3 aromatic heterocycles. The molecule has 3 rings (SSSR count). The zero-order valence-corrected chi connectivity index (χ0v) is 19.0. The van der Waals surface area contributed by atoms with Gasteiger partial charge < -0.3 is 14.5 Å². The molecule has 10 heteroatoms. The smallest absolute Gasteiger partial charge is 0.341 e. The summed E-state index contributed by atoms with van der Waals surface area (Å²) in [6, 6.07) is 3.61. The Hall–Kier alpha value is -2.59. The lowest BCUT2D eigenvalue weighted by atomic mass is 10.1. The highest BCUT2D eigenvalue weighted by atomic mass is 32.2. The van der Waals surface area contributed by atoms with Crippen molar-refractivity contribution in [2.75, 3.05) is 17.7 Å². The van der Waals surface area contributed by atoms with Gasteiger partial charge in [-0.2, -0.15) is 0 Å². The number of amides is 1. The van der Waals surface area contributed by atoms with E-state index in [1.165, 1.54) is 23.1 Å². The molecule has 0 aromatic carbocycles. The summed E-state index contributed by atoms with van der Waals surface area (Å²) in [6.45, 7) is 8.59. The van der Waals surface area contributed by atoms with Gasteiger partial charge in [0.2, 0.25) is 5.91 Å². The second-order valence-corrected chi connectivity index (χ2v) is 8.45. The minimum atomic E-state index is -0.407. The van der Waals surface area contributed by atoms with Crippen molar-refractivity contribution in [3.8, 4) is 11.6 Å². The number of nitrogens with one attached hydrogen (secondary N) is 1. The van der Waals surface area contributed by atoms with Gasteiger partial charge in [0.15, 0.2) is 16.7 Å². The summed E-state index contributed by atoms with van der Waals surface area (Å²) >= 11 is 2.67. The van der Waals surface area contributed by atoms with Gasteiger partial charge in [0.25, 0.3) is 0 Å². The van der Waals surface area contributed by atoms with Gasteiger partial charge in [-0.05, 0) is 44.9 Å². The second-order valence-electron chi connectivity index (χ2n) is 6.28. The molecule has 0 radical (unpaired) electrons. The molecule has 160 valence electrons. The zero-order chi connectivity index (χ0) is 21.7. The maximum absolute atomic E-state index is 12.6. The summed E-state index contributed by atoms with van der Waals surface area (Å²) in [7, 11) is 0. The first kappa shape index (κ1) is 22.1. The Balaban J connectivity index is 1.72. The van der Waals surface area contributed by atoms with E-state index < -0.39 is 5.97 Å². The van der Waals surface area contributed by atoms with Gasteiger partial charge in [-0.25, -0.2) is 4.79 Å². The van der Waals surface area contributed by atoms with Gasteiger partial charge in [-0.15, -0.1) is 21.5 Å². The van der Waals surface area contributed by atoms with Crippen LogP contribution in [0.4, 0.5) is 5.00 Å². The van der Waals surface area contributed by atoms with Crippen LogP contribution in [-0.2, 0) is 22.5 Å². The molecule has 1 N–H and O–H groups in total. The van der Waals surface area contributed by atoms with E-state index in [4.69, 9.17) is 9.15 Å². The predicted molar refractivity (Wildman–Crippen MR) is 117 cm³/mol. The lowest BCUT2D eigenvalue weighted by molar-refractivity contribution is -0.113. The topological polar surface area (TPSA) is 99.2 Å². The third-order valence-electron chi connectivity index (χ3n) is 4.40. The van der Waals surface area contributed by atoms with Crippen LogP contribution in [0.3, 0.4) is 0 Å². The highest BCUT2D eigenvalue weighted by Crippen LogP contribution is 2.34. The number of ether oxygens (including phenoxy) is 1. The van der Waals surface area contributed by atoms with Crippen molar-refractivity contribution >= 4 is 40.0 Å². The Kier molecular flexibility index (Phi) is 7.33. The number of hydrogen-bond donors (Lipinski definition) is 1. The Morgan fingerprint density at radius 1 is 1.30 bits per heavy atom. The van der Waals surface area contributed by atoms with E-state index in [1.807, 2.05) is 31.4 Å². The summed E-state index contributed by atoms with van der Waals surface area (Å²) in [5.41, 5.74) is 1.37. The number of esters is 1. The maximum Gasteiger partial charge on any atom is 0.341 e. The molecule has 0 aliphatic rings. The van der Waals surface area contributed by atoms with Crippen molar-refractivity contribution in [1.82, 2.24) is 14.8 Å². The van der Waals surface area contributed by atoms with Gasteiger partial charge in [0.1, 0.15) is 5.00 Å². The Bertz CT molecular complexity index is 1020. The molecular weight excluding hydrogens is 424 g/mol. The number of thiophene rings is 1. The molecule has 0 saturated heterocycles. The number of nitrogens with zero attached hydrogens (tertiary/aromatic N) is 3. The average molecular weight is 449 g/mol. The number of thioether (sulfide) groups is 1. The molecule has 0 saturated carbocycles. The van der Waals surface area contributed by atoms with E-state index in [1.54, 1.807) is 19.3 Å². The number of aromatic nitrogens is 3. The van der Waals surface area contributed by atoms with Crippen molar-refractivity contribution in [3.05, 3.63) is 34.4 Å². The molecule has 0 spiro atoms. The first-order chi connectivity index (χ1) is 14.5. The van der Waals surface area contributed by atoms with Crippen LogP contribution in [0.25, 0.3) is 11.6 Å². The van der Waals surface area contributed by atoms with Gasteiger partial charge in [-0.1, -0.05) is 18.7 Å². The number of carbonyl (C=O) groups excluding carboxylic acids is 2. The van der Waals surface area contributed by atoms with Gasteiger partial charge >= 0.3 is 5.97 Å². The molecule has 3 aromatic rings. The number of hydrogen-bond acceptors (Lipinski definition) is 8. The lowest BCUT2D eigenvalue weighted by Gasteiger charge is -2.08. The summed E-state index contributed by atoms with van der Waals surface area (Å²) in [5, 5.41) is 12.4. The van der Waals surface area contributed by atoms with Crippen LogP contribution in [0.1, 0.15) is 41.6 Å². The fourth-order valence-electron chi connectivity index (χ4n) is 3.07. The van der Waals surface area contributed by atoms with E-state index in [0.717, 1.165) is 10.4 Å². The third kappa shape index (κ3) is 4.59. The third-order valence-corrected chi connectivity index (χ3v) is 6.43. The molecule has 0 aliphatic carbocycles. The quantitative estimate of drug-likeness (QED) is 0.383. The van der Waals surface area contributed by atoms with Crippen LogP contribution in [0.15, 0.2) is 28.0 Å². The van der Waals surface area contributed by atoms with E-state index in [0.29, 0.717) is 40.3 Å². The molecule has 1 amide bonds. The lowest BCUT2D eigenvalue weighted by Crippen LogP contribution is -2.17. The fraction of sp³-hybridized carbons (Fsp3) is 0.400. The molecule has 0 aliphatic heterocycles. The molecule has 0 atom stereocenters. The Morgan fingerprint density at radius 3 is 2.73 bits per heavy atom. The Morgan fingerprint density at radius 2 is 2.10 bits per heavy atom. The van der Waals surface area contributed by atoms with Crippen LogP contribution in [-0.4, -0.2) is 39.0 Å². The normalized spacial score (nSPS) is 10.9. The largest absolute Gasteiger partial charge is 0.462 e. The summed E-state index contributed by atoms with van der Waals surface area (Å²) in [6.07, 6.45) is 2.27.